The number of nitrogens with two attached hydrogens (primary N) is 1. The van der Waals surface area contributed by atoms with Gasteiger partial charge in [0.15, 0.2) is 0 Å². The van der Waals surface area contributed by atoms with Crippen LogP contribution in [0.5, 0.6) is 0 Å². The summed E-state index contributed by atoms with van der Waals surface area (Å²) in [5, 5.41) is 3.04. The first-order chi connectivity index (χ1) is 12.6. The van der Waals surface area contributed by atoms with E-state index in [0.29, 0.717) is 12.3 Å². The molecule has 1 aromatic heterocycles. The number of benzene rings is 1. The van der Waals surface area contributed by atoms with Crippen LogP contribution in [0.2, 0.25) is 0 Å². The molecule has 0 aliphatic heterocycles. The zero-order chi connectivity index (χ0) is 18.4. The number of hydrogen-bond donors (Lipinski definition) is 2. The van der Waals surface area contributed by atoms with Crippen LogP contribution in [0.1, 0.15) is 43.9 Å². The van der Waals surface area contributed by atoms with Gasteiger partial charge in [-0.2, -0.15) is 0 Å². The van der Waals surface area contributed by atoms with Crippen LogP contribution >= 0.6 is 0 Å². The Morgan fingerprint density at radius 3 is 2.92 bits per heavy atom. The fraction of sp³-hybridized carbons (Fsp3) is 0.524. The zero-order valence-electron chi connectivity index (χ0n) is 15.6. The summed E-state index contributed by atoms with van der Waals surface area (Å²) >= 11 is 0. The van der Waals surface area contributed by atoms with Crippen molar-refractivity contribution in [1.29, 1.82) is 0 Å². The van der Waals surface area contributed by atoms with Gasteiger partial charge in [0.25, 0.3) is 0 Å². The van der Waals surface area contributed by atoms with Crippen molar-refractivity contribution in [3.05, 3.63) is 54.1 Å². The summed E-state index contributed by atoms with van der Waals surface area (Å²) in [5.74, 6) is 1.30. The third kappa shape index (κ3) is 5.43. The fourth-order valence-corrected chi connectivity index (χ4v) is 3.83. The SMILES string of the molecule is CC1CCCC(CNC(=O)[C@@H](N)Cc2cn(Cc3ccccc3)cn2)C1. The highest BCUT2D eigenvalue weighted by atomic mass is 16.2. The molecule has 2 unspecified atom stereocenters. The van der Waals surface area contributed by atoms with Gasteiger partial charge in [-0.25, -0.2) is 4.98 Å². The first-order valence-corrected chi connectivity index (χ1v) is 9.68. The molecule has 1 aliphatic rings. The van der Waals surface area contributed by atoms with Crippen LogP contribution in [-0.4, -0.2) is 28.0 Å². The second kappa shape index (κ2) is 8.99. The van der Waals surface area contributed by atoms with Gasteiger partial charge in [0.05, 0.1) is 18.1 Å². The number of carbonyl (C=O) groups excluding carboxylic acids is 1. The average Bonchev–Trinajstić information content (AvgIpc) is 3.07. The molecule has 140 valence electrons. The molecule has 0 bridgehead atoms. The first-order valence-electron chi connectivity index (χ1n) is 9.68. The van der Waals surface area contributed by atoms with Crippen molar-refractivity contribution in [2.45, 2.75) is 51.6 Å². The first kappa shape index (κ1) is 18.6. The molecule has 1 saturated carbocycles. The lowest BCUT2D eigenvalue weighted by molar-refractivity contribution is -0.122. The van der Waals surface area contributed by atoms with Gasteiger partial charge in [-0.1, -0.05) is 50.1 Å². The molecule has 0 spiro atoms. The van der Waals surface area contributed by atoms with Crippen LogP contribution < -0.4 is 11.1 Å². The van der Waals surface area contributed by atoms with Crippen molar-refractivity contribution >= 4 is 5.91 Å². The normalized spacial score (nSPS) is 21.3. The number of aromatic nitrogens is 2. The maximum absolute atomic E-state index is 12.3. The van der Waals surface area contributed by atoms with Crippen LogP contribution in [0.4, 0.5) is 0 Å². The Kier molecular flexibility index (Phi) is 6.45. The quantitative estimate of drug-likeness (QED) is 0.803. The lowest BCUT2D eigenvalue weighted by atomic mass is 9.82. The van der Waals surface area contributed by atoms with E-state index in [2.05, 4.69) is 29.4 Å². The Morgan fingerprint density at radius 2 is 2.15 bits per heavy atom. The Morgan fingerprint density at radius 1 is 1.35 bits per heavy atom. The Bertz CT molecular complexity index is 697. The minimum Gasteiger partial charge on any atom is -0.354 e. The molecule has 0 saturated heterocycles. The molecule has 1 aromatic carbocycles. The lowest BCUT2D eigenvalue weighted by Crippen LogP contribution is -2.44. The molecule has 3 N–H and O–H groups in total. The highest BCUT2D eigenvalue weighted by Crippen LogP contribution is 2.27. The van der Waals surface area contributed by atoms with Gasteiger partial charge in [-0.05, 0) is 30.2 Å². The number of amides is 1. The van der Waals surface area contributed by atoms with E-state index in [0.717, 1.165) is 24.7 Å². The van der Waals surface area contributed by atoms with Crippen LogP contribution in [-0.2, 0) is 17.8 Å². The third-order valence-electron chi connectivity index (χ3n) is 5.27. The van der Waals surface area contributed by atoms with Crippen LogP contribution in [0.3, 0.4) is 0 Å². The van der Waals surface area contributed by atoms with Crippen LogP contribution in [0.15, 0.2) is 42.9 Å². The maximum atomic E-state index is 12.3. The van der Waals surface area contributed by atoms with Gasteiger partial charge in [-0.15, -0.1) is 0 Å². The van der Waals surface area contributed by atoms with E-state index in [1.54, 1.807) is 6.33 Å². The van der Waals surface area contributed by atoms with Gasteiger partial charge in [0, 0.05) is 25.7 Å². The summed E-state index contributed by atoms with van der Waals surface area (Å²) in [6, 6.07) is 9.70. The van der Waals surface area contributed by atoms with Crippen LogP contribution in [0, 0.1) is 11.8 Å². The molecule has 3 atom stereocenters. The third-order valence-corrected chi connectivity index (χ3v) is 5.27. The van der Waals surface area contributed by atoms with E-state index in [1.807, 2.05) is 29.0 Å². The van der Waals surface area contributed by atoms with Gasteiger partial charge < -0.3 is 15.6 Å². The second-order valence-corrected chi connectivity index (χ2v) is 7.72. The molecule has 0 radical (unpaired) electrons. The summed E-state index contributed by atoms with van der Waals surface area (Å²) < 4.78 is 2.03. The van der Waals surface area contributed by atoms with E-state index in [-0.39, 0.29) is 5.91 Å². The van der Waals surface area contributed by atoms with Gasteiger partial charge in [0.1, 0.15) is 0 Å². The summed E-state index contributed by atoms with van der Waals surface area (Å²) in [7, 11) is 0. The molecule has 3 rings (SSSR count). The molecular formula is C21H30N4O. The molecule has 5 heteroatoms. The number of nitrogens with zero attached hydrogens (tertiary/aromatic N) is 2. The number of carbonyl (C=O) groups is 1. The number of imidazole rings is 1. The van der Waals surface area contributed by atoms with Crippen molar-refractivity contribution in [3.63, 3.8) is 0 Å². The monoisotopic (exact) mass is 354 g/mol. The van der Waals surface area contributed by atoms with Crippen molar-refractivity contribution in [2.75, 3.05) is 6.54 Å². The van der Waals surface area contributed by atoms with E-state index in [9.17, 15) is 4.79 Å². The molecule has 2 aromatic rings. The van der Waals surface area contributed by atoms with Gasteiger partial charge in [0.2, 0.25) is 5.91 Å². The summed E-state index contributed by atoms with van der Waals surface area (Å²) in [5.41, 5.74) is 8.17. The van der Waals surface area contributed by atoms with Crippen LogP contribution in [0.25, 0.3) is 0 Å². The smallest absolute Gasteiger partial charge is 0.237 e. The average molecular weight is 354 g/mol. The van der Waals surface area contributed by atoms with Crippen molar-refractivity contribution in [2.24, 2.45) is 17.6 Å². The molecule has 1 heterocycles. The Labute approximate surface area is 156 Å². The summed E-state index contributed by atoms with van der Waals surface area (Å²) in [4.78, 5) is 16.7. The van der Waals surface area contributed by atoms with E-state index >= 15 is 0 Å². The zero-order valence-corrected chi connectivity index (χ0v) is 15.6. The minimum atomic E-state index is -0.545. The lowest BCUT2D eigenvalue weighted by Gasteiger charge is -2.27. The number of rotatable bonds is 7. The van der Waals surface area contributed by atoms with Crippen molar-refractivity contribution in [3.8, 4) is 0 Å². The highest BCUT2D eigenvalue weighted by molar-refractivity contribution is 5.81. The van der Waals surface area contributed by atoms with Gasteiger partial charge in [-0.3, -0.25) is 4.79 Å². The van der Waals surface area contributed by atoms with E-state index in [1.165, 1.54) is 31.2 Å². The standard InChI is InChI=1S/C21H30N4O/c1-16-6-5-9-18(10-16)12-23-21(26)20(22)11-19-14-25(15-24-19)13-17-7-3-2-4-8-17/h2-4,7-8,14-16,18,20H,5-6,9-13,22H2,1H3,(H,23,26)/t16?,18?,20-/m0/s1. The highest BCUT2D eigenvalue weighted by Gasteiger charge is 2.21. The molecular weight excluding hydrogens is 324 g/mol. The van der Waals surface area contributed by atoms with E-state index in [4.69, 9.17) is 5.73 Å². The van der Waals surface area contributed by atoms with Crippen molar-refractivity contribution < 1.29 is 4.79 Å². The maximum Gasteiger partial charge on any atom is 0.237 e. The summed E-state index contributed by atoms with van der Waals surface area (Å²) in [6.07, 6.45) is 9.25. The number of hydrogen-bond acceptors (Lipinski definition) is 3. The fourth-order valence-electron chi connectivity index (χ4n) is 3.83. The molecule has 5 nitrogen and oxygen atoms in total. The largest absolute Gasteiger partial charge is 0.354 e. The second-order valence-electron chi connectivity index (χ2n) is 7.72. The predicted molar refractivity (Wildman–Crippen MR) is 104 cm³/mol. The summed E-state index contributed by atoms with van der Waals surface area (Å²) in [6.45, 7) is 3.82. The van der Waals surface area contributed by atoms with E-state index < -0.39 is 6.04 Å². The molecule has 26 heavy (non-hydrogen) atoms. The molecule has 1 fully saturated rings. The topological polar surface area (TPSA) is 72.9 Å². The Balaban J connectivity index is 1.45. The number of nitrogens with one attached hydrogen (secondary N) is 1. The van der Waals surface area contributed by atoms with Crippen molar-refractivity contribution in [1.82, 2.24) is 14.9 Å². The molecule has 1 aliphatic carbocycles. The minimum absolute atomic E-state index is 0.0687. The molecule has 1 amide bonds. The Hall–Kier alpha value is -2.14. The predicted octanol–water partition coefficient (Wildman–Crippen LogP) is 2.74. The van der Waals surface area contributed by atoms with Gasteiger partial charge >= 0.3 is 0 Å².